The Morgan fingerprint density at radius 2 is 2.11 bits per heavy atom. The van der Waals surface area contributed by atoms with E-state index < -0.39 is 0 Å². The van der Waals surface area contributed by atoms with Crippen LogP contribution >= 0.6 is 0 Å². The van der Waals surface area contributed by atoms with E-state index in [4.69, 9.17) is 4.42 Å². The first-order chi connectivity index (χ1) is 8.90. The van der Waals surface area contributed by atoms with E-state index in [9.17, 15) is 0 Å². The van der Waals surface area contributed by atoms with Crippen molar-refractivity contribution < 1.29 is 4.42 Å². The van der Waals surface area contributed by atoms with Crippen molar-refractivity contribution in [3.8, 4) is 0 Å². The summed E-state index contributed by atoms with van der Waals surface area (Å²) in [4.78, 5) is 10.8. The highest BCUT2D eigenvalue weighted by Crippen LogP contribution is 2.23. The van der Waals surface area contributed by atoms with E-state index in [1.165, 1.54) is 0 Å². The van der Waals surface area contributed by atoms with Crippen LogP contribution in [0.15, 0.2) is 35.0 Å². The minimum Gasteiger partial charge on any atom is -0.423 e. The summed E-state index contributed by atoms with van der Waals surface area (Å²) in [6, 6.07) is 8.45. The van der Waals surface area contributed by atoms with Gasteiger partial charge in [0.05, 0.1) is 13.1 Å². The molecule has 1 aromatic carbocycles. The van der Waals surface area contributed by atoms with E-state index in [2.05, 4.69) is 20.0 Å². The van der Waals surface area contributed by atoms with Crippen LogP contribution in [0.2, 0.25) is 0 Å². The number of para-hydroxylation sites is 2. The maximum Gasteiger partial charge on any atom is 0.298 e. The minimum absolute atomic E-state index is 0.658. The molecule has 90 valence electrons. The maximum atomic E-state index is 5.76. The number of oxazole rings is 1. The van der Waals surface area contributed by atoms with Crippen molar-refractivity contribution in [2.45, 2.75) is 13.1 Å². The van der Waals surface area contributed by atoms with Crippen LogP contribution in [-0.2, 0) is 13.1 Å². The molecule has 0 bridgehead atoms. The fourth-order valence-electron chi connectivity index (χ4n) is 2.22. The standard InChI is InChI=1S/C12H11N5O/c1-2-4-10-9(3-1)15-12(18-10)16-5-6-17-11(7-16)13-8-14-17/h1-4,8H,5-7H2. The highest BCUT2D eigenvalue weighted by Gasteiger charge is 2.21. The van der Waals surface area contributed by atoms with Crippen molar-refractivity contribution in [2.24, 2.45) is 0 Å². The van der Waals surface area contributed by atoms with Gasteiger partial charge in [0, 0.05) is 6.54 Å². The normalized spacial score (nSPS) is 15.0. The Morgan fingerprint density at radius 1 is 1.17 bits per heavy atom. The number of anilines is 1. The van der Waals surface area contributed by atoms with Crippen molar-refractivity contribution in [3.05, 3.63) is 36.4 Å². The molecule has 0 fully saturated rings. The molecule has 0 spiro atoms. The van der Waals surface area contributed by atoms with Gasteiger partial charge in [-0.3, -0.25) is 0 Å². The molecule has 6 nitrogen and oxygen atoms in total. The molecule has 1 aliphatic rings. The number of hydrogen-bond acceptors (Lipinski definition) is 5. The topological polar surface area (TPSA) is 60.0 Å². The minimum atomic E-state index is 0.658. The van der Waals surface area contributed by atoms with Gasteiger partial charge in [0.25, 0.3) is 6.01 Å². The Hall–Kier alpha value is -2.37. The van der Waals surface area contributed by atoms with Gasteiger partial charge in [0.2, 0.25) is 0 Å². The highest BCUT2D eigenvalue weighted by molar-refractivity contribution is 5.74. The van der Waals surface area contributed by atoms with Crippen LogP contribution in [0, 0.1) is 0 Å². The lowest BCUT2D eigenvalue weighted by Gasteiger charge is -2.24. The highest BCUT2D eigenvalue weighted by atomic mass is 16.4. The van der Waals surface area contributed by atoms with E-state index in [0.717, 1.165) is 30.0 Å². The molecule has 3 heterocycles. The fraction of sp³-hybridized carbons (Fsp3) is 0.250. The second-order valence-electron chi connectivity index (χ2n) is 4.29. The van der Waals surface area contributed by atoms with Gasteiger partial charge in [-0.15, -0.1) is 0 Å². The SMILES string of the molecule is c1ccc2oc(N3CCn4ncnc4C3)nc2c1. The summed E-state index contributed by atoms with van der Waals surface area (Å²) < 4.78 is 7.67. The molecule has 0 atom stereocenters. The third-order valence-corrected chi connectivity index (χ3v) is 3.16. The smallest absolute Gasteiger partial charge is 0.298 e. The van der Waals surface area contributed by atoms with Gasteiger partial charge >= 0.3 is 0 Å². The maximum absolute atomic E-state index is 5.76. The van der Waals surface area contributed by atoms with Crippen molar-refractivity contribution in [3.63, 3.8) is 0 Å². The van der Waals surface area contributed by atoms with E-state index in [1.807, 2.05) is 28.9 Å². The quantitative estimate of drug-likeness (QED) is 0.645. The summed E-state index contributed by atoms with van der Waals surface area (Å²) in [5.41, 5.74) is 1.71. The van der Waals surface area contributed by atoms with Gasteiger partial charge < -0.3 is 9.32 Å². The Morgan fingerprint density at radius 3 is 3.06 bits per heavy atom. The van der Waals surface area contributed by atoms with Crippen LogP contribution in [-0.4, -0.2) is 26.3 Å². The lowest BCUT2D eigenvalue weighted by Crippen LogP contribution is -2.34. The number of nitrogens with zero attached hydrogens (tertiary/aromatic N) is 5. The molecule has 0 saturated heterocycles. The third-order valence-electron chi connectivity index (χ3n) is 3.16. The largest absolute Gasteiger partial charge is 0.423 e. The molecule has 2 aromatic heterocycles. The second-order valence-corrected chi connectivity index (χ2v) is 4.29. The first-order valence-corrected chi connectivity index (χ1v) is 5.87. The number of benzene rings is 1. The molecular formula is C12H11N5O. The zero-order valence-electron chi connectivity index (χ0n) is 9.65. The summed E-state index contributed by atoms with van der Waals surface area (Å²) in [6.45, 7) is 2.34. The molecule has 0 aliphatic carbocycles. The molecule has 0 N–H and O–H groups in total. The molecule has 0 unspecified atom stereocenters. The zero-order valence-corrected chi connectivity index (χ0v) is 9.65. The summed E-state index contributed by atoms with van der Waals surface area (Å²) in [7, 11) is 0. The summed E-state index contributed by atoms with van der Waals surface area (Å²) >= 11 is 0. The molecule has 18 heavy (non-hydrogen) atoms. The summed E-state index contributed by atoms with van der Waals surface area (Å²) in [5.74, 6) is 0.948. The van der Waals surface area contributed by atoms with Crippen LogP contribution in [0.3, 0.4) is 0 Å². The van der Waals surface area contributed by atoms with Gasteiger partial charge in [-0.05, 0) is 12.1 Å². The average Bonchev–Trinajstić information content (AvgIpc) is 3.04. The second kappa shape index (κ2) is 3.56. The van der Waals surface area contributed by atoms with Gasteiger partial charge in [-0.1, -0.05) is 12.1 Å². The van der Waals surface area contributed by atoms with E-state index in [-0.39, 0.29) is 0 Å². The Bertz CT molecular complexity index is 668. The van der Waals surface area contributed by atoms with Crippen molar-refractivity contribution in [1.82, 2.24) is 19.7 Å². The van der Waals surface area contributed by atoms with Crippen LogP contribution in [0.1, 0.15) is 5.82 Å². The molecule has 0 amide bonds. The van der Waals surface area contributed by atoms with Crippen molar-refractivity contribution in [1.29, 1.82) is 0 Å². The van der Waals surface area contributed by atoms with E-state index in [0.29, 0.717) is 12.6 Å². The Labute approximate surface area is 103 Å². The number of rotatable bonds is 1. The van der Waals surface area contributed by atoms with Crippen molar-refractivity contribution >= 4 is 17.1 Å². The Kier molecular flexibility index (Phi) is 1.91. The predicted octanol–water partition coefficient (Wildman–Crippen LogP) is 1.44. The fourth-order valence-corrected chi connectivity index (χ4v) is 2.22. The molecule has 4 rings (SSSR count). The molecule has 0 radical (unpaired) electrons. The van der Waals surface area contributed by atoms with E-state index >= 15 is 0 Å². The first-order valence-electron chi connectivity index (χ1n) is 5.87. The summed E-state index contributed by atoms with van der Waals surface area (Å²) in [6.07, 6.45) is 1.59. The lowest BCUT2D eigenvalue weighted by molar-refractivity contribution is 0.474. The first kappa shape index (κ1) is 9.64. The lowest BCUT2D eigenvalue weighted by atomic mass is 10.3. The van der Waals surface area contributed by atoms with Gasteiger partial charge in [0.1, 0.15) is 17.7 Å². The number of hydrogen-bond donors (Lipinski definition) is 0. The third kappa shape index (κ3) is 1.38. The van der Waals surface area contributed by atoms with Gasteiger partial charge in [-0.2, -0.15) is 10.1 Å². The zero-order chi connectivity index (χ0) is 11.9. The van der Waals surface area contributed by atoms with Gasteiger partial charge in [-0.25, -0.2) is 9.67 Å². The monoisotopic (exact) mass is 241 g/mol. The molecule has 1 aliphatic heterocycles. The molecular weight excluding hydrogens is 230 g/mol. The van der Waals surface area contributed by atoms with Crippen LogP contribution in [0.4, 0.5) is 6.01 Å². The van der Waals surface area contributed by atoms with Crippen LogP contribution in [0.5, 0.6) is 0 Å². The van der Waals surface area contributed by atoms with Crippen LogP contribution in [0.25, 0.3) is 11.1 Å². The van der Waals surface area contributed by atoms with Crippen molar-refractivity contribution in [2.75, 3.05) is 11.4 Å². The average molecular weight is 241 g/mol. The van der Waals surface area contributed by atoms with E-state index in [1.54, 1.807) is 6.33 Å². The predicted molar refractivity (Wildman–Crippen MR) is 65.1 cm³/mol. The number of fused-ring (bicyclic) bond motifs is 2. The molecule has 0 saturated carbocycles. The molecule has 6 heteroatoms. The van der Waals surface area contributed by atoms with Gasteiger partial charge in [0.15, 0.2) is 5.58 Å². The number of aromatic nitrogens is 4. The Balaban J connectivity index is 1.72. The summed E-state index contributed by atoms with van der Waals surface area (Å²) in [5, 5.41) is 4.16. The molecule has 3 aromatic rings. The van der Waals surface area contributed by atoms with Crippen LogP contribution < -0.4 is 4.90 Å².